The number of carbonyl (C=O) groups is 1. The highest BCUT2D eigenvalue weighted by Gasteiger charge is 2.57. The molecule has 0 radical (unpaired) electrons. The van der Waals surface area contributed by atoms with E-state index in [1.165, 1.54) is 24.8 Å². The fourth-order valence-corrected chi connectivity index (χ4v) is 5.60. The molecule has 0 heterocycles. The molecule has 1 N–H and O–H groups in total. The van der Waals surface area contributed by atoms with Gasteiger partial charge in [0.2, 0.25) is 0 Å². The van der Waals surface area contributed by atoms with Gasteiger partial charge in [0.15, 0.2) is 0 Å². The fraction of sp³-hybridized carbons (Fsp3) is 0.750. The lowest BCUT2D eigenvalue weighted by Gasteiger charge is -2.57. The molecule has 3 rings (SSSR count). The molecular weight excluding hydrogens is 272 g/mol. The first kappa shape index (κ1) is 15.8. The molecule has 122 valence electrons. The number of rotatable bonds is 2. The van der Waals surface area contributed by atoms with Crippen LogP contribution in [0.5, 0.6) is 0 Å². The Labute approximate surface area is 134 Å². The third-order valence-corrected chi connectivity index (χ3v) is 7.07. The predicted octanol–water partition coefficient (Wildman–Crippen LogP) is 5.21. The van der Waals surface area contributed by atoms with E-state index in [1.54, 1.807) is 5.57 Å². The van der Waals surface area contributed by atoms with Crippen LogP contribution in [0.1, 0.15) is 66.2 Å². The van der Waals surface area contributed by atoms with Gasteiger partial charge in [-0.15, -0.1) is 0 Å². The number of hydrogen-bond acceptors (Lipinski definition) is 1. The Balaban J connectivity index is 2.00. The van der Waals surface area contributed by atoms with Crippen LogP contribution in [0.4, 0.5) is 0 Å². The van der Waals surface area contributed by atoms with Crippen molar-refractivity contribution in [2.24, 2.45) is 28.6 Å². The lowest BCUT2D eigenvalue weighted by molar-refractivity contribution is -0.162. The van der Waals surface area contributed by atoms with Gasteiger partial charge in [0.25, 0.3) is 0 Å². The third kappa shape index (κ3) is 2.18. The van der Waals surface area contributed by atoms with Gasteiger partial charge >= 0.3 is 5.97 Å². The van der Waals surface area contributed by atoms with E-state index in [0.717, 1.165) is 19.3 Å². The quantitative estimate of drug-likeness (QED) is 0.760. The largest absolute Gasteiger partial charge is 0.481 e. The Morgan fingerprint density at radius 2 is 2.05 bits per heavy atom. The van der Waals surface area contributed by atoms with Crippen LogP contribution in [0.15, 0.2) is 23.3 Å². The summed E-state index contributed by atoms with van der Waals surface area (Å²) < 4.78 is 0. The maximum Gasteiger partial charge on any atom is 0.309 e. The van der Waals surface area contributed by atoms with E-state index in [9.17, 15) is 9.90 Å². The van der Waals surface area contributed by atoms with Gasteiger partial charge < -0.3 is 5.11 Å². The second kappa shape index (κ2) is 5.25. The van der Waals surface area contributed by atoms with E-state index < -0.39 is 11.4 Å². The van der Waals surface area contributed by atoms with E-state index >= 15 is 0 Å². The van der Waals surface area contributed by atoms with Crippen molar-refractivity contribution in [1.29, 1.82) is 0 Å². The zero-order valence-corrected chi connectivity index (χ0v) is 14.5. The van der Waals surface area contributed by atoms with Gasteiger partial charge in [-0.3, -0.25) is 4.79 Å². The Bertz CT molecular complexity index is 542. The summed E-state index contributed by atoms with van der Waals surface area (Å²) in [5.41, 5.74) is 2.69. The standard InChI is InChI=1S/C20H30O2/c1-13(2)14-6-8-16-15(12-14)7-9-17-19(16,3)10-5-11-20(17,4)18(21)22/h7,12-13,16-17H,5-6,8-11H2,1-4H3,(H,21,22)/t16-,17+,19+,20+/m1/s1. The molecule has 4 atom stereocenters. The Kier molecular flexibility index (Phi) is 3.78. The highest BCUT2D eigenvalue weighted by atomic mass is 16.4. The molecule has 22 heavy (non-hydrogen) atoms. The topological polar surface area (TPSA) is 37.3 Å². The molecule has 0 amide bonds. The lowest BCUT2D eigenvalue weighted by atomic mass is 9.47. The maximum absolute atomic E-state index is 11.9. The van der Waals surface area contributed by atoms with Crippen molar-refractivity contribution in [3.8, 4) is 0 Å². The van der Waals surface area contributed by atoms with Gasteiger partial charge in [-0.1, -0.05) is 44.9 Å². The zero-order valence-electron chi connectivity index (χ0n) is 14.5. The minimum absolute atomic E-state index is 0.161. The van der Waals surface area contributed by atoms with Crippen LogP contribution < -0.4 is 0 Å². The van der Waals surface area contributed by atoms with Gasteiger partial charge in [-0.25, -0.2) is 0 Å². The summed E-state index contributed by atoms with van der Waals surface area (Å²) in [6.07, 6.45) is 11.2. The average Bonchev–Trinajstić information content (AvgIpc) is 2.46. The first-order chi connectivity index (χ1) is 10.3. The first-order valence-electron chi connectivity index (χ1n) is 8.93. The molecule has 0 bridgehead atoms. The summed E-state index contributed by atoms with van der Waals surface area (Å²) in [7, 11) is 0. The van der Waals surface area contributed by atoms with Gasteiger partial charge in [0.1, 0.15) is 0 Å². The molecule has 0 unspecified atom stereocenters. The molecule has 0 saturated heterocycles. The van der Waals surface area contributed by atoms with Crippen molar-refractivity contribution in [2.45, 2.75) is 66.2 Å². The van der Waals surface area contributed by atoms with Crippen molar-refractivity contribution in [1.82, 2.24) is 0 Å². The molecule has 0 aliphatic heterocycles. The number of hydrogen-bond donors (Lipinski definition) is 1. The second-order valence-corrected chi connectivity index (χ2v) is 8.54. The van der Waals surface area contributed by atoms with Crippen LogP contribution in [0.25, 0.3) is 0 Å². The highest BCUT2D eigenvalue weighted by molar-refractivity contribution is 5.75. The second-order valence-electron chi connectivity index (χ2n) is 8.54. The molecule has 2 nitrogen and oxygen atoms in total. The molecule has 2 heteroatoms. The smallest absolute Gasteiger partial charge is 0.309 e. The number of fused-ring (bicyclic) bond motifs is 3. The molecule has 0 aromatic heterocycles. The van der Waals surface area contributed by atoms with Crippen molar-refractivity contribution in [3.05, 3.63) is 23.3 Å². The van der Waals surface area contributed by atoms with Crippen molar-refractivity contribution < 1.29 is 9.90 Å². The SMILES string of the molecule is CC(C)C1=CC2=CC[C@H]3[C@@](C)(CCC[C@]3(C)C(=O)O)[C@@H]2CC1. The molecule has 1 fully saturated rings. The van der Waals surface area contributed by atoms with Crippen molar-refractivity contribution in [3.63, 3.8) is 0 Å². The zero-order chi connectivity index (χ0) is 16.1. The molecule has 0 aromatic rings. The van der Waals surface area contributed by atoms with Crippen LogP contribution in [0.3, 0.4) is 0 Å². The van der Waals surface area contributed by atoms with Crippen LogP contribution >= 0.6 is 0 Å². The molecule has 3 aliphatic rings. The summed E-state index contributed by atoms with van der Waals surface area (Å²) >= 11 is 0. The minimum atomic E-state index is -0.588. The summed E-state index contributed by atoms with van der Waals surface area (Å²) in [5.74, 6) is 0.888. The molecule has 1 saturated carbocycles. The van der Waals surface area contributed by atoms with E-state index in [4.69, 9.17) is 0 Å². The highest BCUT2D eigenvalue weighted by Crippen LogP contribution is 2.62. The molecular formula is C20H30O2. The van der Waals surface area contributed by atoms with E-state index in [1.807, 2.05) is 6.92 Å². The first-order valence-corrected chi connectivity index (χ1v) is 8.93. The number of aliphatic carboxylic acids is 1. The number of carboxylic acids is 1. The van der Waals surface area contributed by atoms with E-state index in [-0.39, 0.29) is 11.3 Å². The molecule has 0 spiro atoms. The van der Waals surface area contributed by atoms with E-state index in [0.29, 0.717) is 11.8 Å². The Morgan fingerprint density at radius 3 is 2.68 bits per heavy atom. The third-order valence-electron chi connectivity index (χ3n) is 7.07. The lowest BCUT2D eigenvalue weighted by Crippen LogP contribution is -2.53. The van der Waals surface area contributed by atoms with Crippen LogP contribution in [0.2, 0.25) is 0 Å². The average molecular weight is 302 g/mol. The Hall–Kier alpha value is -1.05. The Morgan fingerprint density at radius 1 is 1.32 bits per heavy atom. The fourth-order valence-electron chi connectivity index (χ4n) is 5.60. The normalized spacial score (nSPS) is 41.3. The van der Waals surface area contributed by atoms with Crippen LogP contribution in [-0.2, 0) is 4.79 Å². The van der Waals surface area contributed by atoms with Crippen molar-refractivity contribution in [2.75, 3.05) is 0 Å². The van der Waals surface area contributed by atoms with Gasteiger partial charge in [0.05, 0.1) is 5.41 Å². The number of carboxylic acid groups (broad SMARTS) is 1. The van der Waals surface area contributed by atoms with Crippen LogP contribution in [-0.4, -0.2) is 11.1 Å². The minimum Gasteiger partial charge on any atom is -0.481 e. The number of allylic oxidation sites excluding steroid dienone is 4. The monoisotopic (exact) mass is 302 g/mol. The summed E-state index contributed by atoms with van der Waals surface area (Å²) in [6.45, 7) is 8.93. The molecule has 0 aromatic carbocycles. The van der Waals surface area contributed by atoms with Crippen LogP contribution in [0, 0.1) is 28.6 Å². The summed E-state index contributed by atoms with van der Waals surface area (Å²) in [4.78, 5) is 11.9. The van der Waals surface area contributed by atoms with Gasteiger partial charge in [-0.05, 0) is 67.8 Å². The summed E-state index contributed by atoms with van der Waals surface area (Å²) in [6, 6.07) is 0. The van der Waals surface area contributed by atoms with Crippen molar-refractivity contribution >= 4 is 5.97 Å². The summed E-state index contributed by atoms with van der Waals surface area (Å²) in [5, 5.41) is 9.83. The maximum atomic E-state index is 11.9. The van der Waals surface area contributed by atoms with Gasteiger partial charge in [-0.2, -0.15) is 0 Å². The molecule has 3 aliphatic carbocycles. The predicted molar refractivity (Wildman–Crippen MR) is 89.5 cm³/mol. The van der Waals surface area contributed by atoms with E-state index in [2.05, 4.69) is 32.9 Å². The van der Waals surface area contributed by atoms with Gasteiger partial charge in [0, 0.05) is 0 Å².